The van der Waals surface area contributed by atoms with Crippen LogP contribution in [-0.4, -0.2) is 46.3 Å². The molecule has 3 N–H and O–H groups in total. The van der Waals surface area contributed by atoms with Crippen LogP contribution in [0.15, 0.2) is 24.4 Å². The predicted octanol–water partition coefficient (Wildman–Crippen LogP) is 0.0176. The number of nitrogens with two attached hydrogens (primary N) is 1. The zero-order valence-corrected chi connectivity index (χ0v) is 16.2. The van der Waals surface area contributed by atoms with Crippen LogP contribution in [0.5, 0.6) is 0 Å². The first-order valence-corrected chi connectivity index (χ1v) is 7.68. The van der Waals surface area contributed by atoms with Crippen LogP contribution >= 0.6 is 12.4 Å². The number of likely N-dealkylation sites (N-methyl/N-ethyl adjacent to an activating group) is 1. The molecule has 0 saturated heterocycles. The van der Waals surface area contributed by atoms with E-state index < -0.39 is 0 Å². The molecular weight excluding hydrogens is 333 g/mol. The second kappa shape index (κ2) is 8.62. The van der Waals surface area contributed by atoms with Crippen molar-refractivity contribution in [2.45, 2.75) is 39.8 Å². The number of anilines is 2. The molecule has 0 spiro atoms. The number of halogens is 2. The van der Waals surface area contributed by atoms with E-state index in [1.807, 2.05) is 28.9 Å². The molecule has 0 atom stereocenters. The Morgan fingerprint density at radius 1 is 1.22 bits per heavy atom. The molecule has 0 aliphatic heterocycles. The van der Waals surface area contributed by atoms with Crippen LogP contribution < -0.4 is 23.5 Å². The minimum atomic E-state index is 0. The minimum Gasteiger partial charge on any atom is -1.00 e. The predicted molar refractivity (Wildman–Crippen MR) is 96.7 cm³/mol. The summed E-state index contributed by atoms with van der Waals surface area (Å²) in [7, 11) is 2.31. The number of hydrogen-bond donors (Lipinski definition) is 2. The van der Waals surface area contributed by atoms with Crippen molar-refractivity contribution in [1.82, 2.24) is 9.61 Å². The Hall–Kier alpha value is -1.17. The zero-order valence-electron chi connectivity index (χ0n) is 14.6. The lowest BCUT2D eigenvalue weighted by Gasteiger charge is -2.42. The van der Waals surface area contributed by atoms with Gasteiger partial charge in [0.15, 0.2) is 5.82 Å². The Morgan fingerprint density at radius 2 is 1.83 bits per heavy atom. The van der Waals surface area contributed by atoms with Crippen molar-refractivity contribution in [1.29, 1.82) is 0 Å². The lowest BCUT2D eigenvalue weighted by Crippen LogP contribution is -3.00. The lowest BCUT2D eigenvalue weighted by molar-refractivity contribution is -0.947. The molecule has 132 valence electrons. The topological polar surface area (TPSA) is 55.4 Å². The van der Waals surface area contributed by atoms with E-state index in [1.165, 1.54) is 0 Å². The van der Waals surface area contributed by atoms with E-state index in [0.717, 1.165) is 34.6 Å². The maximum absolute atomic E-state index is 6.16. The highest BCUT2D eigenvalue weighted by molar-refractivity contribution is 5.85. The van der Waals surface area contributed by atoms with Crippen LogP contribution in [-0.2, 0) is 0 Å². The molecule has 0 aliphatic carbocycles. The van der Waals surface area contributed by atoms with Gasteiger partial charge in [0.1, 0.15) is 5.69 Å². The first-order valence-electron chi connectivity index (χ1n) is 7.68. The molecule has 0 radical (unpaired) electrons. The number of hydrogen-bond acceptors (Lipinski definition) is 3. The number of nitrogens with zero attached hydrogens (tertiary/aromatic N) is 3. The maximum atomic E-state index is 6.16. The molecular formula is C16H29Cl2N5. The Bertz CT molecular complexity index is 602. The molecule has 2 aromatic heterocycles. The molecule has 0 aliphatic rings. The van der Waals surface area contributed by atoms with Crippen molar-refractivity contribution >= 4 is 29.4 Å². The van der Waals surface area contributed by atoms with E-state index in [2.05, 4.69) is 45.2 Å². The van der Waals surface area contributed by atoms with Crippen LogP contribution in [0.2, 0.25) is 0 Å². The van der Waals surface area contributed by atoms with Crippen LogP contribution in [0.1, 0.15) is 27.7 Å². The van der Waals surface area contributed by atoms with Crippen LogP contribution in [0, 0.1) is 0 Å². The smallest absolute Gasteiger partial charge is 0.172 e. The average molecular weight is 362 g/mol. The Labute approximate surface area is 151 Å². The SMILES string of the molecule is CC(C)[N+](C)(CCNc1nn2ccccc2c1N)C(C)C.Cl.[Cl-]. The molecule has 0 saturated carbocycles. The van der Waals surface area contributed by atoms with Gasteiger partial charge >= 0.3 is 0 Å². The van der Waals surface area contributed by atoms with Gasteiger partial charge in [0, 0.05) is 6.20 Å². The fourth-order valence-electron chi connectivity index (χ4n) is 2.68. The molecule has 0 fully saturated rings. The molecule has 2 aromatic rings. The highest BCUT2D eigenvalue weighted by atomic mass is 35.5. The summed E-state index contributed by atoms with van der Waals surface area (Å²) in [5.74, 6) is 0.778. The molecule has 0 bridgehead atoms. The fraction of sp³-hybridized carbons (Fsp3) is 0.562. The Balaban J connectivity index is 0.00000242. The van der Waals surface area contributed by atoms with Gasteiger partial charge in [-0.1, -0.05) is 6.07 Å². The number of pyridine rings is 1. The Morgan fingerprint density at radius 3 is 2.35 bits per heavy atom. The van der Waals surface area contributed by atoms with Gasteiger partial charge in [0.05, 0.1) is 37.7 Å². The van der Waals surface area contributed by atoms with Crippen LogP contribution in [0.3, 0.4) is 0 Å². The summed E-state index contributed by atoms with van der Waals surface area (Å²) >= 11 is 0. The van der Waals surface area contributed by atoms with Gasteiger partial charge in [-0.15, -0.1) is 17.5 Å². The van der Waals surface area contributed by atoms with E-state index in [9.17, 15) is 0 Å². The third-order valence-electron chi connectivity index (χ3n) is 4.82. The van der Waals surface area contributed by atoms with Crippen LogP contribution in [0.4, 0.5) is 11.5 Å². The van der Waals surface area contributed by atoms with E-state index in [-0.39, 0.29) is 24.8 Å². The van der Waals surface area contributed by atoms with E-state index in [0.29, 0.717) is 12.1 Å². The molecule has 2 heterocycles. The van der Waals surface area contributed by atoms with Crippen LogP contribution in [0.25, 0.3) is 5.52 Å². The number of fused-ring (bicyclic) bond motifs is 1. The largest absolute Gasteiger partial charge is 1.00 e. The zero-order chi connectivity index (χ0) is 15.6. The summed E-state index contributed by atoms with van der Waals surface area (Å²) in [6, 6.07) is 7.09. The molecule has 7 heteroatoms. The average Bonchev–Trinajstić information content (AvgIpc) is 2.75. The number of nitrogens with one attached hydrogen (secondary N) is 1. The van der Waals surface area contributed by atoms with Gasteiger partial charge < -0.3 is 27.9 Å². The first kappa shape index (κ1) is 21.8. The van der Waals surface area contributed by atoms with Crippen molar-refractivity contribution in [3.63, 3.8) is 0 Å². The van der Waals surface area contributed by atoms with Crippen molar-refractivity contribution in [2.24, 2.45) is 0 Å². The Kier molecular flexibility index (Phi) is 8.18. The molecule has 2 rings (SSSR count). The van der Waals surface area contributed by atoms with Gasteiger partial charge in [-0.05, 0) is 39.8 Å². The van der Waals surface area contributed by atoms with E-state index in [4.69, 9.17) is 5.73 Å². The summed E-state index contributed by atoms with van der Waals surface area (Å²) in [6.07, 6.45) is 1.92. The summed E-state index contributed by atoms with van der Waals surface area (Å²) in [5, 5.41) is 7.89. The van der Waals surface area contributed by atoms with Crippen molar-refractivity contribution in [2.75, 3.05) is 31.2 Å². The summed E-state index contributed by atoms with van der Waals surface area (Å²) in [4.78, 5) is 0. The summed E-state index contributed by atoms with van der Waals surface area (Å²) < 4.78 is 2.84. The first-order chi connectivity index (χ1) is 9.86. The van der Waals surface area contributed by atoms with Gasteiger partial charge in [-0.3, -0.25) is 0 Å². The number of rotatable bonds is 6. The van der Waals surface area contributed by atoms with Crippen molar-refractivity contribution in [3.8, 4) is 0 Å². The van der Waals surface area contributed by atoms with E-state index >= 15 is 0 Å². The number of nitrogen functional groups attached to an aromatic ring is 1. The highest BCUT2D eigenvalue weighted by Gasteiger charge is 2.29. The van der Waals surface area contributed by atoms with E-state index in [1.54, 1.807) is 0 Å². The molecule has 0 amide bonds. The number of quaternary nitrogens is 1. The number of aromatic nitrogens is 2. The fourth-order valence-corrected chi connectivity index (χ4v) is 2.68. The maximum Gasteiger partial charge on any atom is 0.172 e. The van der Waals surface area contributed by atoms with Gasteiger partial charge in [-0.2, -0.15) is 0 Å². The van der Waals surface area contributed by atoms with Crippen molar-refractivity contribution in [3.05, 3.63) is 24.4 Å². The highest BCUT2D eigenvalue weighted by Crippen LogP contribution is 2.23. The molecule has 0 aromatic carbocycles. The molecule has 23 heavy (non-hydrogen) atoms. The minimum absolute atomic E-state index is 0. The summed E-state index contributed by atoms with van der Waals surface area (Å²) in [5.41, 5.74) is 7.83. The quantitative estimate of drug-likeness (QED) is 0.713. The summed E-state index contributed by atoms with van der Waals surface area (Å²) in [6.45, 7) is 11.0. The third-order valence-corrected chi connectivity index (χ3v) is 4.82. The third kappa shape index (κ3) is 4.43. The van der Waals surface area contributed by atoms with Gasteiger partial charge in [0.25, 0.3) is 0 Å². The normalized spacial score (nSPS) is 11.4. The molecule has 0 unspecified atom stereocenters. The monoisotopic (exact) mass is 361 g/mol. The van der Waals surface area contributed by atoms with Crippen molar-refractivity contribution < 1.29 is 16.9 Å². The van der Waals surface area contributed by atoms with Gasteiger partial charge in [0.2, 0.25) is 0 Å². The molecule has 5 nitrogen and oxygen atoms in total. The van der Waals surface area contributed by atoms with Gasteiger partial charge in [-0.25, -0.2) is 4.52 Å². The second-order valence-corrected chi connectivity index (χ2v) is 6.48. The lowest BCUT2D eigenvalue weighted by atomic mass is 10.1. The second-order valence-electron chi connectivity index (χ2n) is 6.48. The standard InChI is InChI=1S/C16H28N5.2ClH/c1-12(2)21(5,13(3)4)11-9-18-16-15(17)14-8-6-7-10-20(14)19-16;;/h6-8,10,12-13H,9,11,17H2,1-5H3,(H,18,19);2*1H/q+1;;/p-1.